The van der Waals surface area contributed by atoms with Crippen LogP contribution >= 0.6 is 12.4 Å². The minimum absolute atomic E-state index is 0. The van der Waals surface area contributed by atoms with E-state index in [1.165, 1.54) is 24.3 Å². The Bertz CT molecular complexity index is 701. The number of nitrogens with one attached hydrogen (secondary N) is 2. The summed E-state index contributed by atoms with van der Waals surface area (Å²) < 4.78 is 26.7. The molecule has 1 saturated heterocycles. The highest BCUT2D eigenvalue weighted by atomic mass is 35.5. The molecule has 6 heteroatoms. The maximum absolute atomic E-state index is 13.6. The van der Waals surface area contributed by atoms with Gasteiger partial charge in [-0.15, -0.1) is 12.4 Å². The van der Waals surface area contributed by atoms with Crippen molar-refractivity contribution in [2.45, 2.75) is 12.8 Å². The van der Waals surface area contributed by atoms with E-state index in [9.17, 15) is 13.6 Å². The molecule has 0 spiro atoms. The van der Waals surface area contributed by atoms with E-state index in [1.807, 2.05) is 0 Å². The van der Waals surface area contributed by atoms with E-state index in [-0.39, 0.29) is 30.0 Å². The molecule has 2 aromatic rings. The molecule has 1 aliphatic rings. The first kappa shape index (κ1) is 18.4. The van der Waals surface area contributed by atoms with Gasteiger partial charge in [-0.1, -0.05) is 12.1 Å². The van der Waals surface area contributed by atoms with Gasteiger partial charge in [0.05, 0.1) is 0 Å². The quantitative estimate of drug-likeness (QED) is 0.877. The summed E-state index contributed by atoms with van der Waals surface area (Å²) in [7, 11) is 0. The fraction of sp³-hybridized carbons (Fsp3) is 0.278. The maximum Gasteiger partial charge on any atom is 0.227 e. The van der Waals surface area contributed by atoms with Gasteiger partial charge in [0.15, 0.2) is 0 Å². The number of hydrogen-bond donors (Lipinski definition) is 2. The molecule has 2 aromatic carbocycles. The molecule has 128 valence electrons. The molecule has 0 saturated carbocycles. The van der Waals surface area contributed by atoms with Gasteiger partial charge in [0, 0.05) is 17.2 Å². The van der Waals surface area contributed by atoms with Crippen molar-refractivity contribution in [1.82, 2.24) is 5.32 Å². The third-order valence-electron chi connectivity index (χ3n) is 4.10. The van der Waals surface area contributed by atoms with Gasteiger partial charge in [-0.25, -0.2) is 8.78 Å². The number of amides is 1. The molecule has 3 rings (SSSR count). The van der Waals surface area contributed by atoms with Crippen LogP contribution in [0.2, 0.25) is 0 Å². The summed E-state index contributed by atoms with van der Waals surface area (Å²) in [6.07, 6.45) is 1.58. The van der Waals surface area contributed by atoms with Crippen LogP contribution in [0.1, 0.15) is 12.8 Å². The first-order valence-corrected chi connectivity index (χ1v) is 7.70. The van der Waals surface area contributed by atoms with Crippen molar-refractivity contribution in [3.8, 4) is 11.1 Å². The Morgan fingerprint density at radius 3 is 2.29 bits per heavy atom. The van der Waals surface area contributed by atoms with E-state index < -0.39 is 5.82 Å². The van der Waals surface area contributed by atoms with Crippen molar-refractivity contribution in [2.75, 3.05) is 18.4 Å². The second kappa shape index (κ2) is 8.22. The Morgan fingerprint density at radius 2 is 1.62 bits per heavy atom. The highest BCUT2D eigenvalue weighted by Crippen LogP contribution is 2.30. The summed E-state index contributed by atoms with van der Waals surface area (Å²) in [5.74, 6) is -0.849. The number of rotatable bonds is 3. The Kier molecular flexibility index (Phi) is 6.29. The lowest BCUT2D eigenvalue weighted by molar-refractivity contribution is -0.120. The molecule has 0 aromatic heterocycles. The summed E-state index contributed by atoms with van der Waals surface area (Å²) >= 11 is 0. The van der Waals surface area contributed by atoms with Crippen LogP contribution in [0.25, 0.3) is 11.1 Å². The lowest BCUT2D eigenvalue weighted by Gasteiger charge is -2.22. The van der Waals surface area contributed by atoms with Gasteiger partial charge in [-0.3, -0.25) is 4.79 Å². The van der Waals surface area contributed by atoms with E-state index in [0.29, 0.717) is 16.8 Å². The topological polar surface area (TPSA) is 41.1 Å². The molecule has 0 radical (unpaired) electrons. The van der Waals surface area contributed by atoms with E-state index >= 15 is 0 Å². The number of anilines is 1. The number of hydrogen-bond acceptors (Lipinski definition) is 2. The first-order valence-electron chi connectivity index (χ1n) is 7.70. The molecule has 1 fully saturated rings. The van der Waals surface area contributed by atoms with Gasteiger partial charge in [0.1, 0.15) is 11.6 Å². The molecule has 2 N–H and O–H groups in total. The molecule has 1 heterocycles. The fourth-order valence-corrected chi connectivity index (χ4v) is 2.81. The Labute approximate surface area is 145 Å². The van der Waals surface area contributed by atoms with Gasteiger partial charge in [-0.2, -0.15) is 0 Å². The number of carbonyl (C=O) groups excluding carboxylic acids is 1. The summed E-state index contributed by atoms with van der Waals surface area (Å²) in [4.78, 5) is 12.4. The van der Waals surface area contributed by atoms with E-state index in [0.717, 1.165) is 25.9 Å². The van der Waals surface area contributed by atoms with Crippen LogP contribution in [0.15, 0.2) is 42.5 Å². The van der Waals surface area contributed by atoms with Crippen LogP contribution in [0.3, 0.4) is 0 Å². The monoisotopic (exact) mass is 352 g/mol. The molecule has 0 bridgehead atoms. The van der Waals surface area contributed by atoms with Crippen molar-refractivity contribution >= 4 is 24.0 Å². The Balaban J connectivity index is 0.00000208. The van der Waals surface area contributed by atoms with Crippen molar-refractivity contribution in [3.63, 3.8) is 0 Å². The zero-order valence-corrected chi connectivity index (χ0v) is 13.8. The predicted molar refractivity (Wildman–Crippen MR) is 93.3 cm³/mol. The summed E-state index contributed by atoms with van der Waals surface area (Å²) in [5, 5.41) is 6.11. The van der Waals surface area contributed by atoms with Crippen LogP contribution < -0.4 is 10.6 Å². The van der Waals surface area contributed by atoms with Gasteiger partial charge in [0.25, 0.3) is 0 Å². The summed E-state index contributed by atoms with van der Waals surface area (Å²) in [6, 6.07) is 10.00. The van der Waals surface area contributed by atoms with Crippen molar-refractivity contribution in [2.24, 2.45) is 5.92 Å². The Morgan fingerprint density at radius 1 is 1.00 bits per heavy atom. The van der Waals surface area contributed by atoms with Gasteiger partial charge in [-0.05, 0) is 61.8 Å². The van der Waals surface area contributed by atoms with E-state index in [4.69, 9.17) is 0 Å². The predicted octanol–water partition coefficient (Wildman–Crippen LogP) is 3.99. The average Bonchev–Trinajstić information content (AvgIpc) is 2.58. The number of benzene rings is 2. The third kappa shape index (κ3) is 4.30. The van der Waals surface area contributed by atoms with E-state index in [1.54, 1.807) is 18.2 Å². The zero-order valence-electron chi connectivity index (χ0n) is 13.0. The van der Waals surface area contributed by atoms with Crippen molar-refractivity contribution in [1.29, 1.82) is 0 Å². The molecular formula is C18H19ClF2N2O. The Hall–Kier alpha value is -1.98. The van der Waals surface area contributed by atoms with Crippen molar-refractivity contribution in [3.05, 3.63) is 54.1 Å². The van der Waals surface area contributed by atoms with Gasteiger partial charge < -0.3 is 10.6 Å². The molecule has 1 amide bonds. The molecule has 24 heavy (non-hydrogen) atoms. The second-order valence-corrected chi connectivity index (χ2v) is 5.71. The van der Waals surface area contributed by atoms with Crippen LogP contribution in [0.5, 0.6) is 0 Å². The van der Waals surface area contributed by atoms with Crippen LogP contribution in [0.4, 0.5) is 14.5 Å². The standard InChI is InChI=1S/C18H18F2N2O.ClH/c19-14-3-1-12(2-4-14)16-11-15(20)5-6-17(16)22-18(23)13-7-9-21-10-8-13;/h1-6,11,13,21H,7-10H2,(H,22,23);1H. The van der Waals surface area contributed by atoms with Crippen molar-refractivity contribution < 1.29 is 13.6 Å². The first-order chi connectivity index (χ1) is 11.1. The van der Waals surface area contributed by atoms with Gasteiger partial charge >= 0.3 is 0 Å². The number of piperidine rings is 1. The van der Waals surface area contributed by atoms with Crippen LogP contribution in [-0.4, -0.2) is 19.0 Å². The largest absolute Gasteiger partial charge is 0.325 e. The molecular weight excluding hydrogens is 334 g/mol. The zero-order chi connectivity index (χ0) is 16.2. The van der Waals surface area contributed by atoms with E-state index in [2.05, 4.69) is 10.6 Å². The SMILES string of the molecule is Cl.O=C(Nc1ccc(F)cc1-c1ccc(F)cc1)C1CCNCC1. The van der Waals surface area contributed by atoms with Crippen LogP contribution in [0, 0.1) is 17.6 Å². The third-order valence-corrected chi connectivity index (χ3v) is 4.10. The minimum Gasteiger partial charge on any atom is -0.325 e. The fourth-order valence-electron chi connectivity index (χ4n) is 2.81. The average molecular weight is 353 g/mol. The highest BCUT2D eigenvalue weighted by Gasteiger charge is 2.21. The molecule has 1 aliphatic heterocycles. The normalized spacial score (nSPS) is 14.8. The van der Waals surface area contributed by atoms with Crippen LogP contribution in [-0.2, 0) is 4.79 Å². The number of halogens is 3. The van der Waals surface area contributed by atoms with Gasteiger partial charge in [0.2, 0.25) is 5.91 Å². The molecule has 0 atom stereocenters. The summed E-state index contributed by atoms with van der Waals surface area (Å²) in [6.45, 7) is 1.65. The highest BCUT2D eigenvalue weighted by molar-refractivity contribution is 5.96. The smallest absolute Gasteiger partial charge is 0.227 e. The number of carbonyl (C=O) groups is 1. The molecule has 0 aliphatic carbocycles. The minimum atomic E-state index is -0.399. The molecule has 0 unspecified atom stereocenters. The lowest BCUT2D eigenvalue weighted by Crippen LogP contribution is -2.34. The summed E-state index contributed by atoms with van der Waals surface area (Å²) in [5.41, 5.74) is 1.75. The maximum atomic E-state index is 13.6. The molecule has 3 nitrogen and oxygen atoms in total. The lowest BCUT2D eigenvalue weighted by atomic mass is 9.96. The second-order valence-electron chi connectivity index (χ2n) is 5.71.